The Bertz CT molecular complexity index is 663. The van der Waals surface area contributed by atoms with Gasteiger partial charge in [-0.25, -0.2) is 24.3 Å². The van der Waals surface area contributed by atoms with E-state index in [0.717, 1.165) is 16.7 Å². The third kappa shape index (κ3) is 8.16. The van der Waals surface area contributed by atoms with Gasteiger partial charge in [0.1, 0.15) is 0 Å². The fraction of sp³-hybridized carbons (Fsp3) is 0.0455. The van der Waals surface area contributed by atoms with E-state index < -0.39 is 0 Å². The van der Waals surface area contributed by atoms with Crippen LogP contribution in [0.25, 0.3) is 5.57 Å². The Labute approximate surface area is 171 Å². The number of allylic oxidation sites excluding steroid dienone is 6. The Morgan fingerprint density at radius 1 is 0.880 bits per heavy atom. The topological polar surface area (TPSA) is 20.2 Å². The van der Waals surface area contributed by atoms with Gasteiger partial charge in [0, 0.05) is 17.1 Å². The number of aliphatic hydroxyl groups is 1. The van der Waals surface area contributed by atoms with Crippen LogP contribution in [0.4, 0.5) is 0 Å². The van der Waals surface area contributed by atoms with E-state index in [1.807, 2.05) is 103 Å². The van der Waals surface area contributed by atoms with Gasteiger partial charge in [-0.2, -0.15) is 48.5 Å². The summed E-state index contributed by atoms with van der Waals surface area (Å²) in [6, 6.07) is 28.1. The van der Waals surface area contributed by atoms with Crippen molar-refractivity contribution in [1.29, 1.82) is 0 Å². The maximum atomic E-state index is 9.41. The molecule has 3 aromatic rings. The van der Waals surface area contributed by atoms with Gasteiger partial charge in [-0.05, 0) is 12.5 Å². The zero-order valence-corrected chi connectivity index (χ0v) is 16.2. The minimum Gasteiger partial charge on any atom is -0.520 e. The van der Waals surface area contributed by atoms with Crippen LogP contribution >= 0.6 is 0 Å². The Hall–Kier alpha value is -1.89. The van der Waals surface area contributed by atoms with E-state index >= 15 is 0 Å². The minimum atomic E-state index is 0. The number of hydrogen-bond donors (Lipinski definition) is 1. The van der Waals surface area contributed by atoms with Crippen LogP contribution in [0.15, 0.2) is 114 Å². The van der Waals surface area contributed by atoms with Crippen molar-refractivity contribution in [1.82, 2.24) is 0 Å². The van der Waals surface area contributed by atoms with Gasteiger partial charge in [0.2, 0.25) is 0 Å². The van der Waals surface area contributed by atoms with Gasteiger partial charge in [0.15, 0.2) is 0 Å². The van der Waals surface area contributed by atoms with Gasteiger partial charge in [0.25, 0.3) is 0 Å². The van der Waals surface area contributed by atoms with Crippen molar-refractivity contribution in [2.75, 3.05) is 0 Å². The first-order valence-corrected chi connectivity index (χ1v) is 7.63. The Morgan fingerprint density at radius 3 is 1.72 bits per heavy atom. The maximum absolute atomic E-state index is 9.41. The molecule has 0 spiro atoms. The summed E-state index contributed by atoms with van der Waals surface area (Å²) in [4.78, 5) is 0. The summed E-state index contributed by atoms with van der Waals surface area (Å²) in [5.41, 5.74) is 3.18. The number of aliphatic hydroxyl groups excluding tert-OH is 1. The van der Waals surface area contributed by atoms with Crippen LogP contribution in [0.1, 0.15) is 12.5 Å². The maximum Gasteiger partial charge on any atom is 2.00 e. The zero-order chi connectivity index (χ0) is 16.3. The van der Waals surface area contributed by atoms with Crippen LogP contribution in [-0.2, 0) is 34.1 Å². The molecule has 25 heavy (non-hydrogen) atoms. The third-order valence-corrected chi connectivity index (χ3v) is 3.29. The van der Waals surface area contributed by atoms with Crippen molar-refractivity contribution in [2.24, 2.45) is 0 Å². The van der Waals surface area contributed by atoms with Crippen molar-refractivity contribution in [3.63, 3.8) is 0 Å². The molecule has 0 aliphatic heterocycles. The average molecular weight is 413 g/mol. The molecule has 0 radical (unpaired) electrons. The summed E-state index contributed by atoms with van der Waals surface area (Å²) in [7, 11) is 0. The van der Waals surface area contributed by atoms with Crippen molar-refractivity contribution < 1.29 is 39.2 Å². The fourth-order valence-electron chi connectivity index (χ4n) is 2.18. The Morgan fingerprint density at radius 2 is 1.36 bits per heavy atom. The van der Waals surface area contributed by atoms with Gasteiger partial charge in [-0.3, -0.25) is 0 Å². The van der Waals surface area contributed by atoms with E-state index in [2.05, 4.69) is 0 Å². The smallest absolute Gasteiger partial charge is 0.520 e. The van der Waals surface area contributed by atoms with E-state index in [4.69, 9.17) is 0 Å². The molecule has 0 saturated carbocycles. The fourth-order valence-corrected chi connectivity index (χ4v) is 2.18. The van der Waals surface area contributed by atoms with Gasteiger partial charge < -0.3 is 5.11 Å². The van der Waals surface area contributed by atoms with Gasteiger partial charge in [0.05, 0.1) is 5.76 Å². The Kier molecular flexibility index (Phi) is 12.4. The minimum absolute atomic E-state index is 0. The molecule has 3 aromatic carbocycles. The predicted octanol–water partition coefficient (Wildman–Crippen LogP) is 6.00. The first kappa shape index (κ1) is 23.1. The zero-order valence-electron chi connectivity index (χ0n) is 14.0. The molecule has 0 bridgehead atoms. The first-order chi connectivity index (χ1) is 11.3. The summed E-state index contributed by atoms with van der Waals surface area (Å²) in [5, 5.41) is 9.41. The molecule has 4 rings (SSSR count). The second-order valence-electron chi connectivity index (χ2n) is 5.04. The summed E-state index contributed by atoms with van der Waals surface area (Å²) in [5.74, 6) is 0.376. The third-order valence-electron chi connectivity index (χ3n) is 3.29. The molecule has 0 heterocycles. The second-order valence-corrected chi connectivity index (χ2v) is 5.04. The quantitative estimate of drug-likeness (QED) is 0.295. The molecule has 0 amide bonds. The van der Waals surface area contributed by atoms with Gasteiger partial charge in [-0.15, -0.1) is 29.9 Å². The molecule has 1 N–H and O–H groups in total. The summed E-state index contributed by atoms with van der Waals surface area (Å²) < 4.78 is 0. The molecule has 3 heteroatoms. The Balaban J connectivity index is 0.000000400. The van der Waals surface area contributed by atoms with E-state index in [9.17, 15) is 5.11 Å². The van der Waals surface area contributed by atoms with Crippen LogP contribution in [0.5, 0.6) is 0 Å². The molecular formula is C22H21Fe2O-. The summed E-state index contributed by atoms with van der Waals surface area (Å²) in [6.07, 6.45) is 5.90. The van der Waals surface area contributed by atoms with Crippen LogP contribution in [0.3, 0.4) is 0 Å². The molecule has 0 unspecified atom stereocenters. The van der Waals surface area contributed by atoms with Crippen LogP contribution in [0, 0.1) is 0 Å². The standard InChI is InChI=1S/C12H11O.2C5H5.2Fe/c1-9(13)11-7-4-8-12(11)10-5-2-3-6-10;2*1-2-4-5-3-1;;/h2-8,13H,1H3;2*1-5H;;/q3*-1;;+2/b11-9-;;;;. The van der Waals surface area contributed by atoms with E-state index in [0.29, 0.717) is 5.76 Å². The SMILES string of the molecule is C/C(O)=C1\C=CC=C1[c-]1cccc1.[Fe+2].[Fe].c1cc[cH-]c1.c1cc[cH-]c1. The van der Waals surface area contributed by atoms with E-state index in [-0.39, 0.29) is 34.1 Å². The van der Waals surface area contributed by atoms with Crippen molar-refractivity contribution >= 4 is 5.57 Å². The predicted molar refractivity (Wildman–Crippen MR) is 98.6 cm³/mol. The molecule has 0 fully saturated rings. The summed E-state index contributed by atoms with van der Waals surface area (Å²) >= 11 is 0. The largest absolute Gasteiger partial charge is 2.00 e. The normalized spacial score (nSPS) is 13.1. The second kappa shape index (κ2) is 13.4. The van der Waals surface area contributed by atoms with Crippen molar-refractivity contribution in [3.8, 4) is 0 Å². The molecule has 0 saturated heterocycles. The van der Waals surface area contributed by atoms with E-state index in [1.165, 1.54) is 0 Å². The summed E-state index contributed by atoms with van der Waals surface area (Å²) in [6.45, 7) is 1.71. The van der Waals surface area contributed by atoms with Crippen LogP contribution in [0.2, 0.25) is 0 Å². The van der Waals surface area contributed by atoms with Crippen LogP contribution < -0.4 is 0 Å². The van der Waals surface area contributed by atoms with E-state index in [1.54, 1.807) is 6.92 Å². The van der Waals surface area contributed by atoms with Gasteiger partial charge >= 0.3 is 17.1 Å². The van der Waals surface area contributed by atoms with Crippen molar-refractivity contribution in [3.05, 3.63) is 120 Å². The number of rotatable bonds is 1. The molecule has 0 aromatic heterocycles. The monoisotopic (exact) mass is 413 g/mol. The molecule has 1 aliphatic carbocycles. The van der Waals surface area contributed by atoms with Crippen LogP contribution in [-0.4, -0.2) is 5.11 Å². The average Bonchev–Trinajstić information content (AvgIpc) is 3.42. The molecule has 0 atom stereocenters. The molecular weight excluding hydrogens is 392 g/mol. The molecule has 1 nitrogen and oxygen atoms in total. The molecule has 132 valence electrons. The van der Waals surface area contributed by atoms with Crippen molar-refractivity contribution in [2.45, 2.75) is 6.92 Å². The molecule has 1 aliphatic rings. The first-order valence-electron chi connectivity index (χ1n) is 7.63. The number of hydrogen-bond acceptors (Lipinski definition) is 1. The van der Waals surface area contributed by atoms with Gasteiger partial charge in [-0.1, -0.05) is 11.6 Å².